The zero-order valence-electron chi connectivity index (χ0n) is 12.2. The Morgan fingerprint density at radius 1 is 1.52 bits per heavy atom. The second-order valence-electron chi connectivity index (χ2n) is 5.82. The highest BCUT2D eigenvalue weighted by molar-refractivity contribution is 7.07. The number of aryl methyl sites for hydroxylation is 1. The molecule has 1 aliphatic rings. The second kappa shape index (κ2) is 6.01. The van der Waals surface area contributed by atoms with Crippen molar-refractivity contribution in [2.45, 2.75) is 52.1 Å². The van der Waals surface area contributed by atoms with E-state index >= 15 is 0 Å². The molecule has 21 heavy (non-hydrogen) atoms. The predicted molar refractivity (Wildman–Crippen MR) is 79.5 cm³/mol. The van der Waals surface area contributed by atoms with Crippen LogP contribution in [0.25, 0.3) is 0 Å². The zero-order valence-corrected chi connectivity index (χ0v) is 13.0. The van der Waals surface area contributed by atoms with Gasteiger partial charge in [0.1, 0.15) is 6.54 Å². The maximum absolute atomic E-state index is 12.1. The summed E-state index contributed by atoms with van der Waals surface area (Å²) in [6.07, 6.45) is 2.99. The van der Waals surface area contributed by atoms with E-state index in [1.54, 1.807) is 19.2 Å². The van der Waals surface area contributed by atoms with Crippen LogP contribution in [0, 0.1) is 12.3 Å². The Hall–Kier alpha value is -1.63. The quantitative estimate of drug-likeness (QED) is 0.879. The van der Waals surface area contributed by atoms with E-state index in [-0.39, 0.29) is 23.4 Å². The molecule has 7 heteroatoms. The van der Waals surface area contributed by atoms with E-state index in [0.29, 0.717) is 12.8 Å². The smallest absolute Gasteiger partial charge is 0.311 e. The molecule has 1 amide bonds. The minimum absolute atomic E-state index is 0.0552. The van der Waals surface area contributed by atoms with Gasteiger partial charge in [0.15, 0.2) is 0 Å². The third-order valence-electron chi connectivity index (χ3n) is 4.31. The van der Waals surface area contributed by atoms with Crippen LogP contribution in [0.2, 0.25) is 0 Å². The molecule has 0 aromatic carbocycles. The van der Waals surface area contributed by atoms with Crippen molar-refractivity contribution in [3.05, 3.63) is 20.7 Å². The average Bonchev–Trinajstić information content (AvgIpc) is 2.73. The molecule has 0 aliphatic heterocycles. The van der Waals surface area contributed by atoms with Crippen molar-refractivity contribution in [3.8, 4) is 0 Å². The number of nitrogens with zero attached hydrogens (tertiary/aromatic N) is 1. The Morgan fingerprint density at radius 3 is 2.81 bits per heavy atom. The van der Waals surface area contributed by atoms with E-state index in [1.807, 2.05) is 0 Å². The van der Waals surface area contributed by atoms with Crippen LogP contribution in [0.3, 0.4) is 0 Å². The van der Waals surface area contributed by atoms with Gasteiger partial charge >= 0.3 is 10.8 Å². The molecule has 1 aliphatic carbocycles. The molecule has 1 aromatic heterocycles. The average molecular weight is 312 g/mol. The first-order chi connectivity index (χ1) is 9.84. The Balaban J connectivity index is 2.08. The SMILES string of the molecule is Cc1csc(=O)n1CC(=O)NC1CCCCC1(C)C(=O)O. The molecule has 2 unspecified atom stereocenters. The summed E-state index contributed by atoms with van der Waals surface area (Å²) in [6.45, 7) is 3.40. The van der Waals surface area contributed by atoms with Gasteiger partial charge in [0.2, 0.25) is 5.91 Å². The summed E-state index contributed by atoms with van der Waals surface area (Å²) in [7, 11) is 0. The standard InChI is InChI=1S/C14H20N2O4S/c1-9-8-21-13(20)16(9)7-11(17)15-10-5-3-4-6-14(10,2)12(18)19/h8,10H,3-7H2,1-2H3,(H,15,17)(H,18,19). The van der Waals surface area contributed by atoms with Crippen LogP contribution in [0.1, 0.15) is 38.3 Å². The van der Waals surface area contributed by atoms with Crippen LogP contribution in [-0.4, -0.2) is 27.6 Å². The molecule has 2 atom stereocenters. The van der Waals surface area contributed by atoms with Gasteiger partial charge in [0, 0.05) is 17.1 Å². The highest BCUT2D eigenvalue weighted by Crippen LogP contribution is 2.36. The van der Waals surface area contributed by atoms with Gasteiger partial charge in [-0.25, -0.2) is 0 Å². The summed E-state index contributed by atoms with van der Waals surface area (Å²) in [4.78, 5) is 35.1. The number of aliphatic carboxylic acids is 1. The molecule has 1 heterocycles. The lowest BCUT2D eigenvalue weighted by molar-refractivity contribution is -0.152. The molecular formula is C14H20N2O4S. The Bertz CT molecular complexity index is 606. The number of carbonyl (C=O) groups is 2. The fraction of sp³-hybridized carbons (Fsp3) is 0.643. The number of carboxylic acids is 1. The van der Waals surface area contributed by atoms with Crippen molar-refractivity contribution in [1.29, 1.82) is 0 Å². The largest absolute Gasteiger partial charge is 0.481 e. The van der Waals surface area contributed by atoms with Crippen molar-refractivity contribution in [2.75, 3.05) is 0 Å². The summed E-state index contributed by atoms with van der Waals surface area (Å²) in [5, 5.41) is 13.9. The van der Waals surface area contributed by atoms with Crippen LogP contribution in [-0.2, 0) is 16.1 Å². The van der Waals surface area contributed by atoms with Crippen molar-refractivity contribution >= 4 is 23.2 Å². The number of hydrogen-bond donors (Lipinski definition) is 2. The van der Waals surface area contributed by atoms with Crippen LogP contribution in [0.5, 0.6) is 0 Å². The maximum Gasteiger partial charge on any atom is 0.311 e. The summed E-state index contributed by atoms with van der Waals surface area (Å²) in [5.74, 6) is -1.19. The number of thiazole rings is 1. The van der Waals surface area contributed by atoms with E-state index in [0.717, 1.165) is 29.9 Å². The topological polar surface area (TPSA) is 88.4 Å². The molecule has 1 fully saturated rings. The summed E-state index contributed by atoms with van der Waals surface area (Å²) in [6, 6.07) is -0.383. The second-order valence-corrected chi connectivity index (χ2v) is 6.64. The molecule has 0 saturated heterocycles. The van der Waals surface area contributed by atoms with Gasteiger partial charge in [-0.3, -0.25) is 19.0 Å². The Morgan fingerprint density at radius 2 is 2.24 bits per heavy atom. The molecule has 2 rings (SSSR count). The van der Waals surface area contributed by atoms with Gasteiger partial charge in [-0.2, -0.15) is 0 Å². The Kier molecular flexibility index (Phi) is 4.51. The van der Waals surface area contributed by atoms with Crippen LogP contribution < -0.4 is 10.2 Å². The molecule has 1 saturated carbocycles. The van der Waals surface area contributed by atoms with Crippen molar-refractivity contribution in [1.82, 2.24) is 9.88 Å². The van der Waals surface area contributed by atoms with Gasteiger partial charge in [-0.1, -0.05) is 24.2 Å². The minimum atomic E-state index is -0.928. The first-order valence-corrected chi connectivity index (χ1v) is 7.90. The molecule has 0 radical (unpaired) electrons. The summed E-state index contributed by atoms with van der Waals surface area (Å²) >= 11 is 1.06. The van der Waals surface area contributed by atoms with Crippen molar-refractivity contribution in [3.63, 3.8) is 0 Å². The lowest BCUT2D eigenvalue weighted by Crippen LogP contribution is -2.53. The highest BCUT2D eigenvalue weighted by Gasteiger charge is 2.43. The molecule has 116 valence electrons. The van der Waals surface area contributed by atoms with Gasteiger partial charge in [0.05, 0.1) is 5.41 Å². The normalized spacial score (nSPS) is 25.5. The number of hydrogen-bond acceptors (Lipinski definition) is 4. The number of aromatic nitrogens is 1. The van der Waals surface area contributed by atoms with E-state index in [1.165, 1.54) is 4.57 Å². The van der Waals surface area contributed by atoms with Gasteiger partial charge in [-0.15, -0.1) is 0 Å². The summed E-state index contributed by atoms with van der Waals surface area (Å²) < 4.78 is 1.40. The van der Waals surface area contributed by atoms with Crippen LogP contribution in [0.4, 0.5) is 0 Å². The van der Waals surface area contributed by atoms with E-state index < -0.39 is 11.4 Å². The van der Waals surface area contributed by atoms with Crippen molar-refractivity contribution in [2.24, 2.45) is 5.41 Å². The number of amides is 1. The van der Waals surface area contributed by atoms with Crippen LogP contribution >= 0.6 is 11.3 Å². The molecule has 2 N–H and O–H groups in total. The van der Waals surface area contributed by atoms with Gasteiger partial charge in [0.25, 0.3) is 0 Å². The number of rotatable bonds is 4. The molecule has 6 nitrogen and oxygen atoms in total. The molecular weight excluding hydrogens is 292 g/mol. The number of nitrogens with one attached hydrogen (secondary N) is 1. The maximum atomic E-state index is 12.1. The monoisotopic (exact) mass is 312 g/mol. The third kappa shape index (κ3) is 3.18. The van der Waals surface area contributed by atoms with Crippen LogP contribution in [0.15, 0.2) is 10.2 Å². The van der Waals surface area contributed by atoms with Gasteiger partial charge < -0.3 is 10.4 Å². The first kappa shape index (κ1) is 15.8. The Labute approximate surface area is 126 Å². The van der Waals surface area contributed by atoms with Gasteiger partial charge in [-0.05, 0) is 26.7 Å². The van der Waals surface area contributed by atoms with E-state index in [4.69, 9.17) is 0 Å². The van der Waals surface area contributed by atoms with Crippen molar-refractivity contribution < 1.29 is 14.7 Å². The zero-order chi connectivity index (χ0) is 15.6. The molecule has 0 bridgehead atoms. The predicted octanol–water partition coefficient (Wildman–Crippen LogP) is 1.37. The summed E-state index contributed by atoms with van der Waals surface area (Å²) in [5.41, 5.74) is -0.187. The fourth-order valence-corrected chi connectivity index (χ4v) is 3.54. The number of carboxylic acid groups (broad SMARTS) is 1. The highest BCUT2D eigenvalue weighted by atomic mass is 32.1. The molecule has 0 spiro atoms. The minimum Gasteiger partial charge on any atom is -0.481 e. The number of carbonyl (C=O) groups excluding carboxylic acids is 1. The van der Waals surface area contributed by atoms with E-state index in [9.17, 15) is 19.5 Å². The molecule has 1 aromatic rings. The third-order valence-corrected chi connectivity index (χ3v) is 5.19. The lowest BCUT2D eigenvalue weighted by Gasteiger charge is -2.38. The van der Waals surface area contributed by atoms with E-state index in [2.05, 4.69) is 5.32 Å². The first-order valence-electron chi connectivity index (χ1n) is 7.02. The lowest BCUT2D eigenvalue weighted by atomic mass is 9.71. The fourth-order valence-electron chi connectivity index (χ4n) is 2.80.